The summed E-state index contributed by atoms with van der Waals surface area (Å²) in [6.45, 7) is 6.40. The van der Waals surface area contributed by atoms with Crippen LogP contribution in [0.5, 0.6) is 0 Å². The van der Waals surface area contributed by atoms with Gasteiger partial charge in [-0.2, -0.15) is 0 Å². The van der Waals surface area contributed by atoms with Crippen LogP contribution < -0.4 is 5.32 Å². The molecule has 7 saturated carbocycles. The highest BCUT2D eigenvalue weighted by atomic mass is 16.5. The number of benzene rings is 1. The molecule has 0 spiro atoms. The molecule has 1 heterocycles. The third-order valence-electron chi connectivity index (χ3n) is 20.1. The Hall–Kier alpha value is -2.18. The van der Waals surface area contributed by atoms with E-state index in [1.54, 1.807) is 6.08 Å². The van der Waals surface area contributed by atoms with Crippen LogP contribution in [0.1, 0.15) is 135 Å². The Morgan fingerprint density at radius 1 is 0.934 bits per heavy atom. The molecule has 7 N–H and O–H groups in total. The molecule has 10 heteroatoms. The zero-order valence-corrected chi connectivity index (χ0v) is 37.2. The number of hydrogen-bond acceptors (Lipinski definition) is 10. The second-order valence-corrected chi connectivity index (χ2v) is 22.1. The number of nitrogens with one attached hydrogen (secondary N) is 1. The zero-order valence-electron chi connectivity index (χ0n) is 37.2. The van der Waals surface area contributed by atoms with Crippen LogP contribution in [0.15, 0.2) is 35.9 Å². The SMILES string of the molecule is CCCCC[C@H]1C[C@]2(C=O)[C@H]3CC[C@]4(C)[C@H]5C6=CC(=O)O[C@H]6[C@@H]([C@H](Cc6ccccc6CO)NC)C[C@@H]5C[C@]4(O)[C@]3(O)[C@H](O)[C@H]3C[C@@H]([C@@H](C)C4CCCC4)CC[C@H]([C@H]1O)[C@@]32O. The monoisotopic (exact) mass is 846 g/mol. The summed E-state index contributed by atoms with van der Waals surface area (Å²) in [5.41, 5.74) is -5.57. The maximum Gasteiger partial charge on any atom is 0.331 e. The van der Waals surface area contributed by atoms with Gasteiger partial charge in [-0.05, 0) is 123 Å². The molecule has 0 unspecified atom stereocenters. The predicted octanol–water partition coefficient (Wildman–Crippen LogP) is 5.81. The van der Waals surface area contributed by atoms with Crippen LogP contribution in [-0.2, 0) is 27.4 Å². The molecule has 0 amide bonds. The van der Waals surface area contributed by atoms with E-state index in [1.807, 2.05) is 38.2 Å². The predicted molar refractivity (Wildman–Crippen MR) is 230 cm³/mol. The molecule has 1 aromatic carbocycles. The first kappa shape index (κ1) is 44.0. The Labute approximate surface area is 363 Å². The van der Waals surface area contributed by atoms with E-state index < -0.39 is 69.7 Å². The number of fused-ring (bicyclic) bond motifs is 8. The van der Waals surface area contributed by atoms with E-state index in [-0.39, 0.29) is 55.1 Å². The maximum atomic E-state index is 14.4. The minimum Gasteiger partial charge on any atom is -0.454 e. The van der Waals surface area contributed by atoms with Crippen LogP contribution in [0.25, 0.3) is 0 Å². The molecule has 338 valence electrons. The van der Waals surface area contributed by atoms with Crippen molar-refractivity contribution in [2.45, 2.75) is 178 Å². The Bertz CT molecular complexity index is 1850. The van der Waals surface area contributed by atoms with Gasteiger partial charge in [-0.25, -0.2) is 4.79 Å². The number of unbranched alkanes of at least 4 members (excludes halogenated alkanes) is 2. The number of likely N-dealkylation sites (N-methyl/N-ethyl adjacent to an activating group) is 1. The van der Waals surface area contributed by atoms with E-state index in [0.717, 1.165) is 61.5 Å². The van der Waals surface area contributed by atoms with E-state index in [0.29, 0.717) is 56.8 Å². The van der Waals surface area contributed by atoms with E-state index >= 15 is 0 Å². The maximum absolute atomic E-state index is 14.4. The smallest absolute Gasteiger partial charge is 0.331 e. The standard InChI is InChI=1S/C51H75NO9/c1-5-6-7-15-33-25-48(28-54)41-19-20-47(3)43-35(21-36(45-37(43)24-42(55)61-45)40(52-4)23-32-14-10-11-16-34(32)27-53)26-49(47,58)51(41,60)46(57)39-22-31(29(2)30-12-8-9-13-30)17-18-38(44(33)56)50(39,48)59/h10-11,14,16,24,28-31,33,35-36,38-41,43-46,52-53,56-60H,5-9,12-13,15,17-23,25-27H2,1-4H3/t29-,31-,33-,35+,36+,38+,39+,40-,41+,43+,44-,45-,46+,47+,48-,49+,50+,51+/m0/s1. The molecule has 0 radical (unpaired) electrons. The summed E-state index contributed by atoms with van der Waals surface area (Å²) in [6, 6.07) is 7.68. The third-order valence-corrected chi connectivity index (χ3v) is 20.1. The van der Waals surface area contributed by atoms with Gasteiger partial charge in [0.05, 0.1) is 29.8 Å². The van der Waals surface area contributed by atoms with E-state index in [4.69, 9.17) is 4.74 Å². The van der Waals surface area contributed by atoms with E-state index in [9.17, 15) is 40.2 Å². The number of esters is 1. The lowest BCUT2D eigenvalue weighted by atomic mass is 9.34. The minimum absolute atomic E-state index is 0.0865. The van der Waals surface area contributed by atoms with Gasteiger partial charge >= 0.3 is 5.97 Å². The molecular formula is C51H75NO9. The van der Waals surface area contributed by atoms with Crippen LogP contribution in [0, 0.1) is 70.0 Å². The molecule has 7 aliphatic carbocycles. The lowest BCUT2D eigenvalue weighted by Crippen LogP contribution is -2.85. The first-order valence-electron chi connectivity index (χ1n) is 24.5. The van der Waals surface area contributed by atoms with Crippen molar-refractivity contribution in [1.82, 2.24) is 5.32 Å². The minimum atomic E-state index is -2.15. The molecule has 10 nitrogen and oxygen atoms in total. The fourth-order valence-electron chi connectivity index (χ4n) is 17.2. The molecule has 61 heavy (non-hydrogen) atoms. The van der Waals surface area contributed by atoms with Gasteiger partial charge in [0.1, 0.15) is 23.6 Å². The van der Waals surface area contributed by atoms with Crippen molar-refractivity contribution in [2.75, 3.05) is 7.05 Å². The zero-order chi connectivity index (χ0) is 43.3. The number of aliphatic hydroxyl groups is 6. The van der Waals surface area contributed by atoms with Crippen LogP contribution in [0.4, 0.5) is 0 Å². The van der Waals surface area contributed by atoms with E-state index in [2.05, 4.69) is 19.2 Å². The Morgan fingerprint density at radius 2 is 1.67 bits per heavy atom. The Balaban J connectivity index is 1.14. The summed E-state index contributed by atoms with van der Waals surface area (Å²) in [6.07, 6.45) is 12.0. The van der Waals surface area contributed by atoms with Gasteiger partial charge in [-0.1, -0.05) is 90.0 Å². The summed E-state index contributed by atoms with van der Waals surface area (Å²) >= 11 is 0. The van der Waals surface area contributed by atoms with Gasteiger partial charge in [0.15, 0.2) is 0 Å². The number of hydrogen-bond donors (Lipinski definition) is 7. The molecule has 1 aromatic rings. The molecule has 0 aromatic heterocycles. The van der Waals surface area contributed by atoms with Crippen molar-refractivity contribution in [3.63, 3.8) is 0 Å². The highest BCUT2D eigenvalue weighted by molar-refractivity contribution is 5.86. The van der Waals surface area contributed by atoms with Gasteiger partial charge in [0.2, 0.25) is 0 Å². The normalized spacial score (nSPS) is 47.5. The van der Waals surface area contributed by atoms with Crippen molar-refractivity contribution < 1.29 is 45.0 Å². The van der Waals surface area contributed by atoms with Crippen molar-refractivity contribution in [1.29, 1.82) is 0 Å². The van der Waals surface area contributed by atoms with Crippen LogP contribution in [0.2, 0.25) is 0 Å². The molecule has 1 aliphatic heterocycles. The number of aldehydes is 1. The van der Waals surface area contributed by atoms with Gasteiger partial charge in [0.25, 0.3) is 0 Å². The number of rotatable bonds is 12. The lowest BCUT2D eigenvalue weighted by Gasteiger charge is -2.73. The summed E-state index contributed by atoms with van der Waals surface area (Å²) in [4.78, 5) is 27.8. The summed E-state index contributed by atoms with van der Waals surface area (Å²) < 4.78 is 6.18. The molecule has 18 atom stereocenters. The van der Waals surface area contributed by atoms with Crippen molar-refractivity contribution in [2.24, 2.45) is 70.0 Å². The largest absolute Gasteiger partial charge is 0.454 e. The van der Waals surface area contributed by atoms with Gasteiger partial charge < -0.3 is 45.5 Å². The highest BCUT2D eigenvalue weighted by Crippen LogP contribution is 2.77. The molecule has 8 aliphatic rings. The van der Waals surface area contributed by atoms with Crippen LogP contribution >= 0.6 is 0 Å². The average molecular weight is 846 g/mol. The van der Waals surface area contributed by atoms with Gasteiger partial charge in [0, 0.05) is 41.2 Å². The first-order chi connectivity index (χ1) is 29.2. The second-order valence-electron chi connectivity index (χ2n) is 22.1. The molecule has 9 rings (SSSR count). The fourth-order valence-corrected chi connectivity index (χ4v) is 17.2. The van der Waals surface area contributed by atoms with Gasteiger partial charge in [-0.3, -0.25) is 0 Å². The topological polar surface area (TPSA) is 177 Å². The highest BCUT2D eigenvalue weighted by Gasteiger charge is 2.85. The van der Waals surface area contributed by atoms with Crippen LogP contribution in [0.3, 0.4) is 0 Å². The molecular weight excluding hydrogens is 771 g/mol. The lowest BCUT2D eigenvalue weighted by molar-refractivity contribution is -0.377. The Kier molecular flexibility index (Phi) is 11.6. The summed E-state index contributed by atoms with van der Waals surface area (Å²) in [5.74, 6) is -2.88. The quantitative estimate of drug-likeness (QED) is 0.0773. The number of ether oxygens (including phenoxy) is 1. The average Bonchev–Trinajstić information content (AvgIpc) is 3.95. The van der Waals surface area contributed by atoms with Crippen molar-refractivity contribution >= 4 is 12.3 Å². The summed E-state index contributed by atoms with van der Waals surface area (Å²) in [7, 11) is 1.91. The fraction of sp³-hybridized carbons (Fsp3) is 0.804. The number of carbonyl (C=O) groups is 2. The van der Waals surface area contributed by atoms with Crippen LogP contribution in [-0.4, -0.2) is 91.1 Å². The first-order valence-corrected chi connectivity index (χ1v) is 24.5. The summed E-state index contributed by atoms with van der Waals surface area (Å²) in [5, 5.41) is 81.1. The van der Waals surface area contributed by atoms with Crippen molar-refractivity contribution in [3.8, 4) is 0 Å². The van der Waals surface area contributed by atoms with Crippen molar-refractivity contribution in [3.05, 3.63) is 47.0 Å². The second kappa shape index (κ2) is 16.1. The number of carbonyl (C=O) groups excluding carboxylic acids is 2. The molecule has 0 saturated heterocycles. The molecule has 7 fully saturated rings. The molecule has 0 bridgehead atoms. The van der Waals surface area contributed by atoms with E-state index in [1.165, 1.54) is 12.8 Å². The van der Waals surface area contributed by atoms with Gasteiger partial charge in [-0.15, -0.1) is 0 Å². The number of aliphatic hydroxyl groups excluding tert-OH is 3. The Morgan fingerprint density at radius 3 is 2.36 bits per heavy atom. The third kappa shape index (κ3) is 6.10.